The van der Waals surface area contributed by atoms with Crippen molar-refractivity contribution in [3.05, 3.63) is 24.3 Å². The molecule has 0 spiro atoms. The Bertz CT molecular complexity index is 530. The zero-order valence-electron chi connectivity index (χ0n) is 11.9. The molecule has 2 rings (SSSR count). The molecule has 0 bridgehead atoms. The van der Waals surface area contributed by atoms with Gasteiger partial charge in [0.15, 0.2) is 0 Å². The molecule has 2 heterocycles. The van der Waals surface area contributed by atoms with Crippen LogP contribution in [-0.2, 0) is 0 Å². The molecular formula is C13H20N6O. The van der Waals surface area contributed by atoms with Gasteiger partial charge in [0.1, 0.15) is 0 Å². The number of aromatic nitrogens is 4. The number of nitrogens with zero attached hydrogens (tertiary/aromatic N) is 5. The van der Waals surface area contributed by atoms with E-state index in [0.29, 0.717) is 12.3 Å². The van der Waals surface area contributed by atoms with E-state index in [0.717, 1.165) is 26.1 Å². The van der Waals surface area contributed by atoms with E-state index in [-0.39, 0.29) is 11.7 Å². The van der Waals surface area contributed by atoms with Crippen molar-refractivity contribution in [3.63, 3.8) is 0 Å². The summed E-state index contributed by atoms with van der Waals surface area (Å²) >= 11 is 0. The van der Waals surface area contributed by atoms with Crippen LogP contribution in [0.3, 0.4) is 0 Å². The Morgan fingerprint density at radius 1 is 1.40 bits per heavy atom. The Balaban J connectivity index is 1.83. The van der Waals surface area contributed by atoms with Crippen LogP contribution in [0.5, 0.6) is 0 Å². The first-order chi connectivity index (χ1) is 9.74. The zero-order valence-corrected chi connectivity index (χ0v) is 11.9. The minimum Gasteiger partial charge on any atom is -0.349 e. The molecule has 0 saturated carbocycles. The second kappa shape index (κ2) is 6.95. The highest BCUT2D eigenvalue weighted by molar-refractivity contribution is 5.90. The second-order valence-electron chi connectivity index (χ2n) is 4.44. The van der Waals surface area contributed by atoms with Crippen molar-refractivity contribution in [3.8, 4) is 0 Å². The van der Waals surface area contributed by atoms with Crippen molar-refractivity contribution < 1.29 is 4.79 Å². The Kier molecular flexibility index (Phi) is 5.00. The third-order valence-electron chi connectivity index (χ3n) is 3.15. The minimum absolute atomic E-state index is 0.159. The first kappa shape index (κ1) is 14.4. The normalized spacial score (nSPS) is 11.2. The molecule has 0 atom stereocenters. The maximum Gasteiger partial charge on any atom is 0.291 e. The summed E-state index contributed by atoms with van der Waals surface area (Å²) in [5, 5.41) is 6.91. The molecule has 108 valence electrons. The van der Waals surface area contributed by atoms with Gasteiger partial charge < -0.3 is 10.2 Å². The van der Waals surface area contributed by atoms with Crippen LogP contribution in [0.1, 0.15) is 30.9 Å². The fourth-order valence-electron chi connectivity index (χ4n) is 1.95. The summed E-state index contributed by atoms with van der Waals surface area (Å²) in [5.41, 5.74) is 0. The summed E-state index contributed by atoms with van der Waals surface area (Å²) in [5.74, 6) is 0.336. The second-order valence-corrected chi connectivity index (χ2v) is 4.44. The molecule has 0 aliphatic carbocycles. The van der Waals surface area contributed by atoms with Gasteiger partial charge in [-0.1, -0.05) is 13.8 Å². The molecule has 0 saturated heterocycles. The van der Waals surface area contributed by atoms with Crippen LogP contribution in [-0.4, -0.2) is 56.6 Å². The molecule has 0 unspecified atom stereocenters. The average Bonchev–Trinajstić information content (AvgIpc) is 2.91. The van der Waals surface area contributed by atoms with E-state index in [2.05, 4.69) is 39.1 Å². The highest BCUT2D eigenvalue weighted by Crippen LogP contribution is 1.97. The molecule has 2 aromatic heterocycles. The molecule has 0 aliphatic rings. The number of carbonyl (C=O) groups excluding carboxylic acids is 1. The number of rotatable bonds is 7. The van der Waals surface area contributed by atoms with Crippen LogP contribution < -0.4 is 5.32 Å². The molecule has 20 heavy (non-hydrogen) atoms. The van der Waals surface area contributed by atoms with Crippen LogP contribution in [0.4, 0.5) is 0 Å². The fraction of sp³-hybridized carbons (Fsp3) is 0.538. The summed E-state index contributed by atoms with van der Waals surface area (Å²) in [7, 11) is 0. The lowest BCUT2D eigenvalue weighted by atomic mass is 10.3. The maximum absolute atomic E-state index is 11.9. The number of hydrogen-bond donors (Lipinski definition) is 1. The quantitative estimate of drug-likeness (QED) is 0.749. The molecular weight excluding hydrogens is 256 g/mol. The molecule has 0 aliphatic heterocycles. The lowest BCUT2D eigenvalue weighted by Gasteiger charge is -2.17. The Hall–Kier alpha value is -2.02. The van der Waals surface area contributed by atoms with Gasteiger partial charge >= 0.3 is 0 Å². The highest BCUT2D eigenvalue weighted by atomic mass is 16.2. The number of fused-ring (bicyclic) bond motifs is 1. The SMILES string of the molecule is CCN(CC)CCCNC(=O)c1nc2ncccn2n1. The zero-order chi connectivity index (χ0) is 14.4. The number of nitrogens with one attached hydrogen (secondary N) is 1. The van der Waals surface area contributed by atoms with Crippen molar-refractivity contribution in [1.82, 2.24) is 29.8 Å². The predicted molar refractivity (Wildman–Crippen MR) is 75.5 cm³/mol. The van der Waals surface area contributed by atoms with Gasteiger partial charge in [-0.15, -0.1) is 5.10 Å². The molecule has 7 nitrogen and oxygen atoms in total. The Morgan fingerprint density at radius 2 is 2.20 bits per heavy atom. The molecule has 7 heteroatoms. The van der Waals surface area contributed by atoms with Crippen LogP contribution >= 0.6 is 0 Å². The van der Waals surface area contributed by atoms with Crippen molar-refractivity contribution in [1.29, 1.82) is 0 Å². The number of amides is 1. The first-order valence-corrected chi connectivity index (χ1v) is 6.92. The lowest BCUT2D eigenvalue weighted by Crippen LogP contribution is -2.30. The minimum atomic E-state index is -0.255. The molecule has 0 fully saturated rings. The summed E-state index contributed by atoms with van der Waals surface area (Å²) in [6.07, 6.45) is 4.25. The summed E-state index contributed by atoms with van der Waals surface area (Å²) in [6.45, 7) is 7.94. The van der Waals surface area contributed by atoms with Crippen molar-refractivity contribution in [2.75, 3.05) is 26.2 Å². The topological polar surface area (TPSA) is 75.4 Å². The van der Waals surface area contributed by atoms with E-state index < -0.39 is 0 Å². The van der Waals surface area contributed by atoms with Gasteiger partial charge in [-0.3, -0.25) is 4.79 Å². The van der Waals surface area contributed by atoms with Crippen molar-refractivity contribution in [2.45, 2.75) is 20.3 Å². The van der Waals surface area contributed by atoms with Gasteiger partial charge in [0, 0.05) is 18.9 Å². The van der Waals surface area contributed by atoms with Gasteiger partial charge in [0.2, 0.25) is 5.82 Å². The molecule has 1 N–H and O–H groups in total. The van der Waals surface area contributed by atoms with Crippen molar-refractivity contribution >= 4 is 11.7 Å². The number of hydrogen-bond acceptors (Lipinski definition) is 5. The Morgan fingerprint density at radius 3 is 2.90 bits per heavy atom. The summed E-state index contributed by atoms with van der Waals surface area (Å²) in [4.78, 5) is 22.3. The summed E-state index contributed by atoms with van der Waals surface area (Å²) < 4.78 is 1.49. The van der Waals surface area contributed by atoms with E-state index in [1.807, 2.05) is 0 Å². The third kappa shape index (κ3) is 3.51. The largest absolute Gasteiger partial charge is 0.349 e. The number of carbonyl (C=O) groups is 1. The van der Waals surface area contributed by atoms with Gasteiger partial charge in [0.25, 0.3) is 11.7 Å². The first-order valence-electron chi connectivity index (χ1n) is 6.92. The van der Waals surface area contributed by atoms with Crippen LogP contribution in [0.15, 0.2) is 18.5 Å². The monoisotopic (exact) mass is 276 g/mol. The maximum atomic E-state index is 11.9. The van der Waals surface area contributed by atoms with Crippen LogP contribution in [0, 0.1) is 0 Å². The Labute approximate surface area is 118 Å². The fourth-order valence-corrected chi connectivity index (χ4v) is 1.95. The lowest BCUT2D eigenvalue weighted by molar-refractivity contribution is 0.0941. The standard InChI is InChI=1S/C13H20N6O/c1-3-18(4-2)9-5-7-14-12(20)11-16-13-15-8-6-10-19(13)17-11/h6,8,10H,3-5,7,9H2,1-2H3,(H,14,20). The van der Waals surface area contributed by atoms with E-state index in [9.17, 15) is 4.79 Å². The van der Waals surface area contributed by atoms with Gasteiger partial charge in [-0.2, -0.15) is 4.98 Å². The summed E-state index contributed by atoms with van der Waals surface area (Å²) in [6, 6.07) is 1.74. The van der Waals surface area contributed by atoms with E-state index >= 15 is 0 Å². The average molecular weight is 276 g/mol. The predicted octanol–water partition coefficient (Wildman–Crippen LogP) is 0.586. The van der Waals surface area contributed by atoms with Gasteiger partial charge in [-0.05, 0) is 32.1 Å². The smallest absolute Gasteiger partial charge is 0.291 e. The molecule has 0 radical (unpaired) electrons. The van der Waals surface area contributed by atoms with E-state index in [4.69, 9.17) is 0 Å². The van der Waals surface area contributed by atoms with E-state index in [1.54, 1.807) is 18.5 Å². The molecule has 0 aromatic carbocycles. The van der Waals surface area contributed by atoms with Crippen LogP contribution in [0.25, 0.3) is 5.78 Å². The molecule has 1 amide bonds. The van der Waals surface area contributed by atoms with Crippen molar-refractivity contribution in [2.24, 2.45) is 0 Å². The van der Waals surface area contributed by atoms with Crippen LogP contribution in [0.2, 0.25) is 0 Å². The van der Waals surface area contributed by atoms with Gasteiger partial charge in [0.05, 0.1) is 0 Å². The third-order valence-corrected chi connectivity index (χ3v) is 3.15. The van der Waals surface area contributed by atoms with Gasteiger partial charge in [-0.25, -0.2) is 9.50 Å². The van der Waals surface area contributed by atoms with E-state index in [1.165, 1.54) is 4.52 Å². The highest BCUT2D eigenvalue weighted by Gasteiger charge is 2.12. The molecule has 2 aromatic rings.